The summed E-state index contributed by atoms with van der Waals surface area (Å²) in [4.78, 5) is 13.3. The number of aromatic nitrogens is 3. The van der Waals surface area contributed by atoms with Crippen LogP contribution in [-0.4, -0.2) is 36.0 Å². The molecule has 2 aromatic heterocycles. The molecular weight excluding hydrogens is 470 g/mol. The molecule has 4 rings (SSSR count). The molecule has 0 aliphatic heterocycles. The summed E-state index contributed by atoms with van der Waals surface area (Å²) in [5, 5.41) is 7.17. The smallest absolute Gasteiger partial charge is 0.327 e. The van der Waals surface area contributed by atoms with E-state index < -0.39 is 21.6 Å². The molecule has 0 spiro atoms. The third-order valence-corrected chi connectivity index (χ3v) is 7.43. The Morgan fingerprint density at radius 2 is 1.82 bits per heavy atom. The Kier molecular flexibility index (Phi) is 6.28. The number of nitrogens with zero attached hydrogens (tertiary/aromatic N) is 2. The highest BCUT2D eigenvalue weighted by molar-refractivity contribution is 7.90. The van der Waals surface area contributed by atoms with Crippen molar-refractivity contribution < 1.29 is 17.2 Å². The molecule has 0 bridgehead atoms. The molecule has 7 nitrogen and oxygen atoms in total. The lowest BCUT2D eigenvalue weighted by Gasteiger charge is -2.05. The summed E-state index contributed by atoms with van der Waals surface area (Å²) in [6.45, 7) is -0.131. The highest BCUT2D eigenvalue weighted by Crippen LogP contribution is 2.31. The highest BCUT2D eigenvalue weighted by atomic mass is 32.2. The number of aromatic amines is 1. The van der Waals surface area contributed by atoms with Crippen molar-refractivity contribution in [1.29, 1.82) is 0 Å². The van der Waals surface area contributed by atoms with Crippen LogP contribution in [0.2, 0.25) is 0 Å². The molecule has 2 aromatic carbocycles. The van der Waals surface area contributed by atoms with E-state index in [-0.39, 0.29) is 35.8 Å². The van der Waals surface area contributed by atoms with Gasteiger partial charge in [0.15, 0.2) is 9.84 Å². The van der Waals surface area contributed by atoms with E-state index in [1.807, 2.05) is 24.3 Å². The molecule has 0 fully saturated rings. The van der Waals surface area contributed by atoms with Gasteiger partial charge in [-0.2, -0.15) is 13.9 Å². The molecule has 2 heterocycles. The number of sulfone groups is 1. The number of nitrogens with two attached hydrogens (primary N) is 1. The van der Waals surface area contributed by atoms with Crippen LogP contribution in [0.1, 0.15) is 10.7 Å². The van der Waals surface area contributed by atoms with Gasteiger partial charge in [0.1, 0.15) is 5.82 Å². The fourth-order valence-corrected chi connectivity index (χ4v) is 5.17. The Morgan fingerprint density at radius 3 is 2.45 bits per heavy atom. The van der Waals surface area contributed by atoms with Crippen LogP contribution in [0.15, 0.2) is 69.9 Å². The first kappa shape index (κ1) is 23.0. The molecule has 11 heteroatoms. The highest BCUT2D eigenvalue weighted by Gasteiger charge is 2.15. The molecule has 33 heavy (non-hydrogen) atoms. The number of halogens is 2. The van der Waals surface area contributed by atoms with Crippen molar-refractivity contribution in [3.8, 4) is 11.1 Å². The molecule has 0 atom stereocenters. The van der Waals surface area contributed by atoms with Crippen molar-refractivity contribution >= 4 is 31.3 Å². The van der Waals surface area contributed by atoms with Gasteiger partial charge < -0.3 is 5.73 Å². The zero-order valence-corrected chi connectivity index (χ0v) is 19.1. The largest absolute Gasteiger partial charge is 0.343 e. The van der Waals surface area contributed by atoms with E-state index in [0.717, 1.165) is 26.1 Å². The number of rotatable bonds is 7. The fourth-order valence-electron chi connectivity index (χ4n) is 3.45. The van der Waals surface area contributed by atoms with Crippen LogP contribution in [0.4, 0.5) is 8.78 Å². The molecule has 0 saturated carbocycles. The van der Waals surface area contributed by atoms with Gasteiger partial charge in [-0.05, 0) is 40.8 Å². The van der Waals surface area contributed by atoms with Crippen LogP contribution in [0, 0.1) is 0 Å². The summed E-state index contributed by atoms with van der Waals surface area (Å²) >= 11 is 1.48. The Morgan fingerprint density at radius 1 is 1.12 bits per heavy atom. The lowest BCUT2D eigenvalue weighted by atomic mass is 10.0. The molecule has 4 aromatic rings. The number of benzene rings is 2. The third kappa shape index (κ3) is 4.95. The fraction of sp³-hybridized carbons (Fsp3) is 0.182. The van der Waals surface area contributed by atoms with Gasteiger partial charge >= 0.3 is 5.69 Å². The molecule has 0 radical (unpaired) electrons. The Labute approximate surface area is 192 Å². The van der Waals surface area contributed by atoms with Crippen molar-refractivity contribution in [1.82, 2.24) is 14.8 Å². The van der Waals surface area contributed by atoms with Crippen molar-refractivity contribution in [2.24, 2.45) is 5.73 Å². The molecule has 0 amide bonds. The van der Waals surface area contributed by atoms with E-state index in [9.17, 15) is 22.0 Å². The van der Waals surface area contributed by atoms with Gasteiger partial charge in [-0.15, -0.1) is 11.3 Å². The summed E-state index contributed by atoms with van der Waals surface area (Å²) in [5.74, 6) is 0.192. The van der Waals surface area contributed by atoms with Crippen molar-refractivity contribution in [3.63, 3.8) is 0 Å². The van der Waals surface area contributed by atoms with Crippen LogP contribution >= 0.6 is 11.3 Å². The molecule has 0 aliphatic rings. The van der Waals surface area contributed by atoms with E-state index in [0.29, 0.717) is 0 Å². The van der Waals surface area contributed by atoms with Crippen LogP contribution in [-0.2, 0) is 22.8 Å². The predicted molar refractivity (Wildman–Crippen MR) is 124 cm³/mol. The second-order valence-corrected chi connectivity index (χ2v) is 10.7. The van der Waals surface area contributed by atoms with Gasteiger partial charge in [-0.1, -0.05) is 24.3 Å². The number of hydrogen-bond acceptors (Lipinski definition) is 6. The van der Waals surface area contributed by atoms with Gasteiger partial charge in [0.25, 0.3) is 6.08 Å². The lowest BCUT2D eigenvalue weighted by molar-refractivity contribution is 0.407. The molecule has 0 saturated heterocycles. The van der Waals surface area contributed by atoms with E-state index in [2.05, 4.69) is 10.2 Å². The normalized spacial score (nSPS) is 11.8. The van der Waals surface area contributed by atoms with Crippen LogP contribution < -0.4 is 11.4 Å². The van der Waals surface area contributed by atoms with Crippen LogP contribution in [0.3, 0.4) is 0 Å². The summed E-state index contributed by atoms with van der Waals surface area (Å²) in [6.07, 6.45) is -0.909. The van der Waals surface area contributed by atoms with E-state index >= 15 is 0 Å². The van der Waals surface area contributed by atoms with Crippen molar-refractivity contribution in [2.45, 2.75) is 17.9 Å². The first-order valence-electron chi connectivity index (χ1n) is 9.86. The van der Waals surface area contributed by atoms with Gasteiger partial charge in [-0.3, -0.25) is 4.57 Å². The average Bonchev–Trinajstić information content (AvgIpc) is 3.34. The number of hydrogen-bond donors (Lipinski definition) is 2. The summed E-state index contributed by atoms with van der Waals surface area (Å²) in [5.41, 5.74) is 6.44. The Hall–Kier alpha value is -3.15. The monoisotopic (exact) mass is 490 g/mol. The quantitative estimate of drug-likeness (QED) is 0.412. The number of H-pyrrole nitrogens is 1. The lowest BCUT2D eigenvalue weighted by Crippen LogP contribution is -2.20. The summed E-state index contributed by atoms with van der Waals surface area (Å²) in [6, 6.07) is 14.5. The summed E-state index contributed by atoms with van der Waals surface area (Å²) in [7, 11) is -3.26. The Balaban J connectivity index is 1.62. The summed E-state index contributed by atoms with van der Waals surface area (Å²) < 4.78 is 51.6. The van der Waals surface area contributed by atoms with Crippen molar-refractivity contribution in [3.05, 3.63) is 81.4 Å². The zero-order valence-electron chi connectivity index (χ0n) is 17.5. The number of nitrogens with one attached hydrogen (secondary N) is 1. The van der Waals surface area contributed by atoms with Gasteiger partial charge in [0.05, 0.1) is 11.4 Å². The van der Waals surface area contributed by atoms with Crippen LogP contribution in [0.25, 0.3) is 21.2 Å². The maximum atomic E-state index is 13.0. The number of thiophene rings is 1. The molecular formula is C22H20F2N4O3S2. The average molecular weight is 491 g/mol. The second-order valence-electron chi connectivity index (χ2n) is 7.54. The third-order valence-electron chi connectivity index (χ3n) is 5.22. The number of fused-ring (bicyclic) bond motifs is 1. The minimum absolute atomic E-state index is 0.189. The second kappa shape index (κ2) is 9.00. The SMILES string of the molecule is CS(=O)(=O)c1ccc(-c2ccc3cc(Cn4c(CC(CN)=C(F)F)n[nH]c4=O)sc3c2)cc1. The Bertz CT molecular complexity index is 1510. The van der Waals surface area contributed by atoms with Gasteiger partial charge in [0, 0.05) is 34.4 Å². The predicted octanol–water partition coefficient (Wildman–Crippen LogP) is 3.56. The maximum absolute atomic E-state index is 13.0. The standard InChI is InChI=1S/C22H20F2N4O3S2/c1-33(30,31)18-6-4-13(5-7-18)14-2-3-15-8-17(32-19(15)9-14)12-28-20(26-27-22(28)29)10-16(11-25)21(23)24/h2-9H,10-12,25H2,1H3,(H,27,29). The van der Waals surface area contributed by atoms with E-state index in [4.69, 9.17) is 5.73 Å². The molecule has 0 aliphatic carbocycles. The first-order chi connectivity index (χ1) is 15.7. The van der Waals surface area contributed by atoms with Crippen molar-refractivity contribution in [2.75, 3.05) is 12.8 Å². The molecule has 3 N–H and O–H groups in total. The van der Waals surface area contributed by atoms with Crippen LogP contribution in [0.5, 0.6) is 0 Å². The van der Waals surface area contributed by atoms with Gasteiger partial charge in [-0.25, -0.2) is 18.3 Å². The maximum Gasteiger partial charge on any atom is 0.343 e. The zero-order chi connectivity index (χ0) is 23.8. The van der Waals surface area contributed by atoms with Gasteiger partial charge in [0.2, 0.25) is 0 Å². The minimum Gasteiger partial charge on any atom is -0.327 e. The van der Waals surface area contributed by atoms with E-state index in [1.54, 1.807) is 24.3 Å². The molecule has 172 valence electrons. The minimum atomic E-state index is -3.26. The van der Waals surface area contributed by atoms with E-state index in [1.165, 1.54) is 22.2 Å². The molecule has 0 unspecified atom stereocenters. The topological polar surface area (TPSA) is 111 Å². The first-order valence-corrected chi connectivity index (χ1v) is 12.6.